The van der Waals surface area contributed by atoms with Gasteiger partial charge in [-0.2, -0.15) is 4.99 Å². The van der Waals surface area contributed by atoms with Crippen LogP contribution in [0.2, 0.25) is 5.02 Å². The van der Waals surface area contributed by atoms with Gasteiger partial charge in [-0.05, 0) is 25.1 Å². The molecule has 1 amide bonds. The summed E-state index contributed by atoms with van der Waals surface area (Å²) in [4.78, 5) is 18.4. The first kappa shape index (κ1) is 18.9. The van der Waals surface area contributed by atoms with Gasteiger partial charge in [-0.1, -0.05) is 53.3 Å². The molecule has 0 aliphatic rings. The smallest absolute Gasteiger partial charge is 0.291 e. The Morgan fingerprint density at radius 3 is 2.75 bits per heavy atom. The highest BCUT2D eigenvalue weighted by atomic mass is 35.5. The minimum absolute atomic E-state index is 0.339. The molecule has 0 aliphatic carbocycles. The van der Waals surface area contributed by atoms with Crippen molar-refractivity contribution in [2.75, 3.05) is 6.61 Å². The highest BCUT2D eigenvalue weighted by molar-refractivity contribution is 7.21. The van der Waals surface area contributed by atoms with Crippen molar-refractivity contribution in [3.8, 4) is 5.75 Å². The molecule has 0 N–H and O–H groups in total. The number of carbonyl (C=O) groups is 1. The third kappa shape index (κ3) is 3.28. The Balaban J connectivity index is 1.89. The van der Waals surface area contributed by atoms with E-state index in [1.54, 1.807) is 6.08 Å². The highest BCUT2D eigenvalue weighted by Gasteiger charge is 2.18. The van der Waals surface area contributed by atoms with Gasteiger partial charge in [-0.3, -0.25) is 4.79 Å². The minimum Gasteiger partial charge on any atom is -0.492 e. The van der Waals surface area contributed by atoms with E-state index in [2.05, 4.69) is 11.6 Å². The molecule has 2 aromatic heterocycles. The van der Waals surface area contributed by atoms with Gasteiger partial charge in [0, 0.05) is 16.6 Å². The molecular weight excluding hydrogens is 412 g/mol. The van der Waals surface area contributed by atoms with Crippen molar-refractivity contribution in [3.63, 3.8) is 0 Å². The first-order valence-electron chi connectivity index (χ1n) is 8.76. The molecule has 0 saturated heterocycles. The Morgan fingerprint density at radius 1 is 1.21 bits per heavy atom. The number of hydrogen-bond acceptors (Lipinski definition) is 4. The maximum Gasteiger partial charge on any atom is 0.291 e. The Hall–Kier alpha value is -2.41. The summed E-state index contributed by atoms with van der Waals surface area (Å²) >= 11 is 9.27. The normalized spacial score (nSPS) is 12.0. The Bertz CT molecular complexity index is 1270. The number of aromatic nitrogens is 1. The summed E-state index contributed by atoms with van der Waals surface area (Å²) in [6, 6.07) is 13.6. The van der Waals surface area contributed by atoms with Crippen molar-refractivity contribution in [2.24, 2.45) is 4.99 Å². The molecule has 4 rings (SSSR count). The highest BCUT2D eigenvalue weighted by Crippen LogP contribution is 2.35. The number of thiazole rings is 1. The summed E-state index contributed by atoms with van der Waals surface area (Å²) in [7, 11) is 0. The summed E-state index contributed by atoms with van der Waals surface area (Å²) < 4.78 is 9.70. The number of benzene rings is 2. The molecule has 0 fully saturated rings. The summed E-state index contributed by atoms with van der Waals surface area (Å²) in [6.45, 7) is 6.87. The SMILES string of the molecule is C=CCn1c(=NC(=O)c2sc3ccccc3c2Cl)sc2cccc(OCC)c21. The second-order valence-corrected chi connectivity index (χ2v) is 8.42. The number of thiophene rings is 1. The summed E-state index contributed by atoms with van der Waals surface area (Å²) in [5.41, 5.74) is 0.920. The Morgan fingerprint density at radius 2 is 2.00 bits per heavy atom. The van der Waals surface area contributed by atoms with Crippen LogP contribution in [0.15, 0.2) is 60.1 Å². The van der Waals surface area contributed by atoms with E-state index in [9.17, 15) is 4.79 Å². The van der Waals surface area contributed by atoms with Crippen LogP contribution in [0.25, 0.3) is 20.3 Å². The zero-order valence-corrected chi connectivity index (χ0v) is 17.5. The van der Waals surface area contributed by atoms with Crippen LogP contribution in [-0.4, -0.2) is 17.1 Å². The minimum atomic E-state index is -0.339. The number of ether oxygens (including phenoxy) is 1. The molecule has 0 aliphatic heterocycles. The second kappa shape index (κ2) is 7.91. The quantitative estimate of drug-likeness (QED) is 0.371. The average Bonchev–Trinajstić information content (AvgIpc) is 3.21. The maximum absolute atomic E-state index is 12.9. The number of hydrogen-bond donors (Lipinski definition) is 0. The summed E-state index contributed by atoms with van der Waals surface area (Å²) in [5, 5.41) is 1.34. The monoisotopic (exact) mass is 428 g/mol. The number of nitrogens with zero attached hydrogens (tertiary/aromatic N) is 2. The Kier molecular flexibility index (Phi) is 5.35. The lowest BCUT2D eigenvalue weighted by atomic mass is 10.2. The van der Waals surface area contributed by atoms with E-state index in [0.717, 1.165) is 26.1 Å². The van der Waals surface area contributed by atoms with Crippen molar-refractivity contribution in [3.05, 3.63) is 69.8 Å². The molecular formula is C21H17ClN2O2S2. The van der Waals surface area contributed by atoms with E-state index < -0.39 is 0 Å². The van der Waals surface area contributed by atoms with Crippen molar-refractivity contribution < 1.29 is 9.53 Å². The number of fused-ring (bicyclic) bond motifs is 2. The molecule has 28 heavy (non-hydrogen) atoms. The van der Waals surface area contributed by atoms with Gasteiger partial charge in [0.1, 0.15) is 16.1 Å². The van der Waals surface area contributed by atoms with Crippen molar-refractivity contribution in [1.82, 2.24) is 4.57 Å². The van der Waals surface area contributed by atoms with Gasteiger partial charge in [0.25, 0.3) is 5.91 Å². The molecule has 0 atom stereocenters. The van der Waals surface area contributed by atoms with Crippen molar-refractivity contribution in [1.29, 1.82) is 0 Å². The van der Waals surface area contributed by atoms with Crippen LogP contribution in [0.1, 0.15) is 16.6 Å². The number of para-hydroxylation sites is 1. The summed E-state index contributed by atoms with van der Waals surface area (Å²) in [5.74, 6) is 0.431. The fraction of sp³-hybridized carbons (Fsp3) is 0.143. The standard InChI is InChI=1S/C21H17ClN2O2S2/c1-3-12-24-18-14(26-4-2)9-7-11-16(18)28-21(24)23-20(25)19-17(22)13-8-5-6-10-15(13)27-19/h3,5-11H,1,4,12H2,2H3. The van der Waals surface area contributed by atoms with Crippen LogP contribution in [0.3, 0.4) is 0 Å². The van der Waals surface area contributed by atoms with Gasteiger partial charge in [-0.25, -0.2) is 0 Å². The zero-order valence-electron chi connectivity index (χ0n) is 15.1. The van der Waals surface area contributed by atoms with Crippen LogP contribution in [0.4, 0.5) is 0 Å². The zero-order chi connectivity index (χ0) is 19.7. The lowest BCUT2D eigenvalue weighted by molar-refractivity contribution is 0.100. The van der Waals surface area contributed by atoms with Crippen LogP contribution in [0, 0.1) is 0 Å². The molecule has 2 aromatic carbocycles. The molecule has 4 nitrogen and oxygen atoms in total. The van der Waals surface area contributed by atoms with Crippen LogP contribution in [0.5, 0.6) is 5.75 Å². The molecule has 0 radical (unpaired) electrons. The van der Waals surface area contributed by atoms with Gasteiger partial charge >= 0.3 is 0 Å². The second-order valence-electron chi connectivity index (χ2n) is 5.98. The van der Waals surface area contributed by atoms with E-state index in [4.69, 9.17) is 16.3 Å². The Labute approximate surface area is 175 Å². The van der Waals surface area contributed by atoms with E-state index in [1.807, 2.05) is 54.0 Å². The fourth-order valence-corrected chi connectivity index (χ4v) is 5.49. The van der Waals surface area contributed by atoms with Gasteiger partial charge in [0.15, 0.2) is 4.80 Å². The van der Waals surface area contributed by atoms with Gasteiger partial charge < -0.3 is 9.30 Å². The molecule has 0 bridgehead atoms. The largest absolute Gasteiger partial charge is 0.492 e. The topological polar surface area (TPSA) is 43.6 Å². The lowest BCUT2D eigenvalue weighted by Gasteiger charge is -2.07. The molecule has 0 spiro atoms. The number of carbonyl (C=O) groups excluding carboxylic acids is 1. The lowest BCUT2D eigenvalue weighted by Crippen LogP contribution is -2.16. The predicted octanol–water partition coefficient (Wildman–Crippen LogP) is 5.90. The van der Waals surface area contributed by atoms with Crippen LogP contribution in [-0.2, 0) is 6.54 Å². The first-order chi connectivity index (χ1) is 13.6. The molecule has 4 aromatic rings. The third-order valence-electron chi connectivity index (χ3n) is 4.20. The number of amides is 1. The van der Waals surface area contributed by atoms with E-state index >= 15 is 0 Å². The maximum atomic E-state index is 12.9. The predicted molar refractivity (Wildman–Crippen MR) is 118 cm³/mol. The number of rotatable bonds is 5. The van der Waals surface area contributed by atoms with E-state index in [0.29, 0.717) is 27.9 Å². The van der Waals surface area contributed by atoms with Crippen molar-refractivity contribution >= 4 is 60.5 Å². The van der Waals surface area contributed by atoms with Crippen LogP contribution < -0.4 is 9.54 Å². The van der Waals surface area contributed by atoms with Gasteiger partial charge in [-0.15, -0.1) is 17.9 Å². The summed E-state index contributed by atoms with van der Waals surface area (Å²) in [6.07, 6.45) is 1.78. The van der Waals surface area contributed by atoms with Gasteiger partial charge in [0.2, 0.25) is 0 Å². The van der Waals surface area contributed by atoms with Crippen molar-refractivity contribution in [2.45, 2.75) is 13.5 Å². The van der Waals surface area contributed by atoms with E-state index in [-0.39, 0.29) is 5.91 Å². The first-order valence-corrected chi connectivity index (χ1v) is 10.8. The molecule has 0 unspecified atom stereocenters. The average molecular weight is 429 g/mol. The third-order valence-corrected chi connectivity index (χ3v) is 6.91. The molecule has 142 valence electrons. The van der Waals surface area contributed by atoms with E-state index in [1.165, 1.54) is 22.7 Å². The fourth-order valence-electron chi connectivity index (χ4n) is 3.04. The van der Waals surface area contributed by atoms with Crippen LogP contribution >= 0.6 is 34.3 Å². The number of halogens is 1. The van der Waals surface area contributed by atoms with Gasteiger partial charge in [0.05, 0.1) is 16.3 Å². The molecule has 0 saturated carbocycles. The molecule has 2 heterocycles. The number of allylic oxidation sites excluding steroid dienone is 1. The molecule has 7 heteroatoms.